The molecule has 0 amide bonds. The van der Waals surface area contributed by atoms with Crippen molar-refractivity contribution in [3.05, 3.63) is 89.0 Å². The molecule has 0 spiro atoms. The Kier molecular flexibility index (Phi) is 8.83. The van der Waals surface area contributed by atoms with E-state index >= 15 is 0 Å². The van der Waals surface area contributed by atoms with Crippen LogP contribution in [0.25, 0.3) is 0 Å². The Morgan fingerprint density at radius 2 is 1.67 bits per heavy atom. The van der Waals surface area contributed by atoms with Gasteiger partial charge in [-0.2, -0.15) is 0 Å². The monoisotopic (exact) mass is 633 g/mol. The third kappa shape index (κ3) is 5.46. The van der Waals surface area contributed by atoms with E-state index in [1.54, 1.807) is 49.4 Å². The maximum absolute atomic E-state index is 13.7. The lowest BCUT2D eigenvalue weighted by Gasteiger charge is -2.66. The van der Waals surface area contributed by atoms with E-state index in [1.165, 1.54) is 26.2 Å². The summed E-state index contributed by atoms with van der Waals surface area (Å²) in [6, 6.07) is 11.4. The van der Waals surface area contributed by atoms with Crippen molar-refractivity contribution in [2.75, 3.05) is 6.61 Å². The molecule has 0 radical (unpaired) electrons. The molecule has 46 heavy (non-hydrogen) atoms. The van der Waals surface area contributed by atoms with Gasteiger partial charge in [-0.3, -0.25) is 9.78 Å². The molecule has 5 rings (SSSR count). The van der Waals surface area contributed by atoms with Gasteiger partial charge in [-0.05, 0) is 56.9 Å². The van der Waals surface area contributed by atoms with E-state index in [0.717, 1.165) is 5.57 Å². The molecule has 244 valence electrons. The average molecular weight is 634 g/mol. The van der Waals surface area contributed by atoms with E-state index in [2.05, 4.69) is 4.98 Å². The molecule has 1 unspecified atom stereocenters. The summed E-state index contributed by atoms with van der Waals surface area (Å²) in [5.41, 5.74) is -3.04. The second kappa shape index (κ2) is 12.4. The average Bonchev–Trinajstić information content (AvgIpc) is 3.35. The van der Waals surface area contributed by atoms with Crippen molar-refractivity contribution in [1.82, 2.24) is 4.98 Å². The van der Waals surface area contributed by atoms with Gasteiger partial charge < -0.3 is 29.2 Å². The highest BCUT2D eigenvalue weighted by molar-refractivity contribution is 5.90. The Hall–Kier alpha value is -4.51. The second-order valence-corrected chi connectivity index (χ2v) is 12.8. The number of cyclic esters (lactones) is 1. The minimum Gasteiger partial charge on any atom is -0.502 e. The van der Waals surface area contributed by atoms with Gasteiger partial charge in [-0.15, -0.1) is 0 Å². The molecule has 11 nitrogen and oxygen atoms in total. The number of pyridine rings is 1. The van der Waals surface area contributed by atoms with Crippen LogP contribution in [0.4, 0.5) is 0 Å². The van der Waals surface area contributed by atoms with Gasteiger partial charge in [0.05, 0.1) is 11.1 Å². The molecule has 1 aliphatic heterocycles. The van der Waals surface area contributed by atoms with Gasteiger partial charge >= 0.3 is 23.9 Å². The summed E-state index contributed by atoms with van der Waals surface area (Å²) in [4.78, 5) is 56.0. The third-order valence-electron chi connectivity index (χ3n) is 10.4. The standard InChI is InChI=1S/C35H39NO10/c1-20-11-9-15-25-33(20,3)28(45-31(40)23-14-10-16-36-18-23)29(46-30(39)22-12-7-6-8-13-22)35(5,42)34(25,4)26(44-21(2)37)17-24-19-43-32(41)27(24)38/h6-8,10-14,16,18,25-26,28-29,38,42H,9,15,17,19H2,1-5H3/t25-,26?,28-,29-,33-,34-,35-/m0/s1. The summed E-state index contributed by atoms with van der Waals surface area (Å²) in [5, 5.41) is 23.3. The molecule has 2 heterocycles. The van der Waals surface area contributed by atoms with Gasteiger partial charge in [-0.1, -0.05) is 43.7 Å². The van der Waals surface area contributed by atoms with Crippen molar-refractivity contribution in [2.24, 2.45) is 16.7 Å². The van der Waals surface area contributed by atoms with E-state index < -0.39 is 70.3 Å². The molecule has 2 aromatic rings. The number of carbonyl (C=O) groups is 4. The van der Waals surface area contributed by atoms with Crippen LogP contribution in [-0.2, 0) is 28.5 Å². The highest BCUT2D eigenvalue weighted by Crippen LogP contribution is 2.65. The number of aromatic nitrogens is 1. The predicted octanol–water partition coefficient (Wildman–Crippen LogP) is 4.66. The Morgan fingerprint density at radius 1 is 1.02 bits per heavy atom. The van der Waals surface area contributed by atoms with Gasteiger partial charge in [0.2, 0.25) is 5.76 Å². The van der Waals surface area contributed by atoms with Crippen LogP contribution < -0.4 is 0 Å². The van der Waals surface area contributed by atoms with Crippen LogP contribution >= 0.6 is 0 Å². The van der Waals surface area contributed by atoms with Crippen molar-refractivity contribution in [1.29, 1.82) is 0 Å². The Balaban J connectivity index is 1.70. The highest BCUT2D eigenvalue weighted by Gasteiger charge is 2.73. The van der Waals surface area contributed by atoms with Crippen LogP contribution in [0.5, 0.6) is 0 Å². The highest BCUT2D eigenvalue weighted by atomic mass is 16.6. The number of benzene rings is 1. The second-order valence-electron chi connectivity index (χ2n) is 12.8. The first-order valence-electron chi connectivity index (χ1n) is 15.2. The zero-order valence-corrected chi connectivity index (χ0v) is 26.5. The summed E-state index contributed by atoms with van der Waals surface area (Å²) < 4.78 is 23.4. The van der Waals surface area contributed by atoms with E-state index in [-0.39, 0.29) is 29.7 Å². The molecule has 0 bridgehead atoms. The fourth-order valence-corrected chi connectivity index (χ4v) is 7.60. The molecule has 3 aliphatic rings. The van der Waals surface area contributed by atoms with E-state index in [4.69, 9.17) is 18.9 Å². The number of nitrogens with zero attached hydrogens (tertiary/aromatic N) is 1. The number of esters is 4. The first-order valence-corrected chi connectivity index (χ1v) is 15.2. The first kappa shape index (κ1) is 32.9. The molecule has 1 aromatic carbocycles. The minimum absolute atomic E-state index is 0.140. The van der Waals surface area contributed by atoms with Gasteiger partial charge in [0.15, 0.2) is 12.2 Å². The number of aliphatic hydroxyl groups is 2. The number of carbonyl (C=O) groups excluding carboxylic acids is 4. The Morgan fingerprint density at radius 3 is 2.28 bits per heavy atom. The number of hydrogen-bond donors (Lipinski definition) is 2. The number of aliphatic hydroxyl groups excluding tert-OH is 1. The van der Waals surface area contributed by atoms with Crippen LogP contribution in [-0.4, -0.2) is 69.6 Å². The Bertz CT molecular complexity index is 1580. The smallest absolute Gasteiger partial charge is 0.373 e. The number of fused-ring (bicyclic) bond motifs is 1. The lowest BCUT2D eigenvalue weighted by molar-refractivity contribution is -0.290. The van der Waals surface area contributed by atoms with Crippen LogP contribution in [0.2, 0.25) is 0 Å². The third-order valence-corrected chi connectivity index (χ3v) is 10.4. The van der Waals surface area contributed by atoms with E-state index in [9.17, 15) is 29.4 Å². The summed E-state index contributed by atoms with van der Waals surface area (Å²) >= 11 is 0. The van der Waals surface area contributed by atoms with Gasteiger partial charge in [0.25, 0.3) is 0 Å². The van der Waals surface area contributed by atoms with Crippen LogP contribution in [0.3, 0.4) is 0 Å². The molecule has 0 saturated heterocycles. The van der Waals surface area contributed by atoms with Crippen molar-refractivity contribution in [3.8, 4) is 0 Å². The molecule has 7 atom stereocenters. The number of hydrogen-bond acceptors (Lipinski definition) is 11. The van der Waals surface area contributed by atoms with Crippen LogP contribution in [0, 0.1) is 16.7 Å². The summed E-state index contributed by atoms with van der Waals surface area (Å²) in [5.74, 6) is -4.12. The van der Waals surface area contributed by atoms with Crippen LogP contribution in [0.1, 0.15) is 74.6 Å². The molecule has 1 fully saturated rings. The van der Waals surface area contributed by atoms with E-state index in [0.29, 0.717) is 12.8 Å². The number of ether oxygens (including phenoxy) is 4. The summed E-state index contributed by atoms with van der Waals surface area (Å²) in [6.07, 6.45) is 2.06. The van der Waals surface area contributed by atoms with Gasteiger partial charge in [-0.25, -0.2) is 14.4 Å². The molecule has 2 aliphatic carbocycles. The van der Waals surface area contributed by atoms with Crippen molar-refractivity contribution in [2.45, 2.75) is 77.8 Å². The van der Waals surface area contributed by atoms with Crippen molar-refractivity contribution >= 4 is 23.9 Å². The molecule has 1 saturated carbocycles. The van der Waals surface area contributed by atoms with Crippen molar-refractivity contribution < 1.29 is 48.3 Å². The SMILES string of the molecule is CC(=O)OC(CC1=C(O)C(=O)OC1)[C@]1(C)[C@H]2CCC=C(C)[C@]2(C)[C@@H](OC(=O)c2cccnc2)[C@H](OC(=O)c2ccccc2)[C@]1(C)O. The fraction of sp³-hybridized carbons (Fsp3) is 0.457. The first-order chi connectivity index (χ1) is 21.7. The van der Waals surface area contributed by atoms with Gasteiger partial charge in [0.1, 0.15) is 18.3 Å². The number of allylic oxidation sites excluding steroid dienone is 1. The van der Waals surface area contributed by atoms with Crippen LogP contribution in [0.15, 0.2) is 77.8 Å². The zero-order valence-electron chi connectivity index (χ0n) is 26.5. The lowest BCUT2D eigenvalue weighted by Crippen LogP contribution is -2.75. The minimum atomic E-state index is -2.01. The molecular formula is C35H39NO10. The Labute approximate surface area is 267 Å². The fourth-order valence-electron chi connectivity index (χ4n) is 7.60. The van der Waals surface area contributed by atoms with Crippen molar-refractivity contribution in [3.63, 3.8) is 0 Å². The van der Waals surface area contributed by atoms with Gasteiger partial charge in [0, 0.05) is 42.1 Å². The summed E-state index contributed by atoms with van der Waals surface area (Å²) in [7, 11) is 0. The molecular weight excluding hydrogens is 594 g/mol. The van der Waals surface area contributed by atoms with E-state index in [1.807, 2.05) is 19.9 Å². The molecule has 2 N–H and O–H groups in total. The maximum atomic E-state index is 13.7. The summed E-state index contributed by atoms with van der Waals surface area (Å²) in [6.45, 7) is 8.04. The number of rotatable bonds is 8. The zero-order chi connectivity index (χ0) is 33.4. The predicted molar refractivity (Wildman–Crippen MR) is 163 cm³/mol. The molecule has 11 heteroatoms. The topological polar surface area (TPSA) is 159 Å². The largest absolute Gasteiger partial charge is 0.502 e. The lowest BCUT2D eigenvalue weighted by atomic mass is 9.42. The maximum Gasteiger partial charge on any atom is 0.373 e. The normalized spacial score (nSPS) is 31.2. The quantitative estimate of drug-likeness (QED) is 0.237. The molecule has 1 aromatic heterocycles.